The maximum Gasteiger partial charge on any atom is 0.237 e. The second-order valence-electron chi connectivity index (χ2n) is 8.00. The number of rotatable bonds is 3. The number of benzene rings is 2. The highest BCUT2D eigenvalue weighted by Gasteiger charge is 2.59. The normalized spacial score (nSPS) is 22.4. The average Bonchev–Trinajstić information content (AvgIpc) is 3.41. The van der Waals surface area contributed by atoms with Gasteiger partial charge < -0.3 is 15.3 Å². The lowest BCUT2D eigenvalue weighted by Crippen LogP contribution is -2.43. The highest BCUT2D eigenvalue weighted by Crippen LogP contribution is 2.54. The number of hydrogen-bond donors (Lipinski definition) is 2. The van der Waals surface area contributed by atoms with Crippen molar-refractivity contribution in [3.63, 3.8) is 0 Å². The molecule has 0 unspecified atom stereocenters. The Labute approximate surface area is 173 Å². The summed E-state index contributed by atoms with van der Waals surface area (Å²) in [6.07, 6.45) is 4.38. The third kappa shape index (κ3) is 2.69. The van der Waals surface area contributed by atoms with E-state index in [1.165, 1.54) is 0 Å². The van der Waals surface area contributed by atoms with E-state index in [0.717, 1.165) is 22.4 Å². The molecule has 1 aromatic heterocycles. The molecule has 5 rings (SSSR count). The molecule has 0 saturated carbocycles. The number of aromatic nitrogens is 2. The minimum atomic E-state index is -0.829. The predicted octanol–water partition coefficient (Wildman–Crippen LogP) is 2.53. The number of aromatic hydroxyl groups is 1. The van der Waals surface area contributed by atoms with E-state index in [4.69, 9.17) is 0 Å². The number of nitrogens with zero attached hydrogens (tertiary/aromatic N) is 3. The summed E-state index contributed by atoms with van der Waals surface area (Å²) in [5.41, 5.74) is 2.58. The Morgan fingerprint density at radius 2 is 2.00 bits per heavy atom. The number of phenolic OH excluding ortho intramolecular Hbond substituents is 1. The van der Waals surface area contributed by atoms with E-state index >= 15 is 0 Å². The minimum Gasteiger partial charge on any atom is -0.508 e. The van der Waals surface area contributed by atoms with Gasteiger partial charge >= 0.3 is 0 Å². The molecule has 3 heterocycles. The van der Waals surface area contributed by atoms with Gasteiger partial charge in [0.15, 0.2) is 0 Å². The molecule has 3 aromatic rings. The number of carbonyl (C=O) groups excluding carboxylic acids is 2. The zero-order valence-electron chi connectivity index (χ0n) is 16.6. The SMILES string of the molecule is Cn1cc([C@@H]2N(C(=O)Cc3ccc(O)cc3)CC[C@]23C(=O)Nc2ccccc23)cn1. The van der Waals surface area contributed by atoms with Crippen LogP contribution in [0, 0.1) is 0 Å². The summed E-state index contributed by atoms with van der Waals surface area (Å²) in [5, 5.41) is 16.8. The van der Waals surface area contributed by atoms with Gasteiger partial charge in [0.2, 0.25) is 11.8 Å². The van der Waals surface area contributed by atoms with E-state index in [-0.39, 0.29) is 24.0 Å². The quantitative estimate of drug-likeness (QED) is 0.705. The van der Waals surface area contributed by atoms with Gasteiger partial charge in [0.25, 0.3) is 0 Å². The maximum absolute atomic E-state index is 13.4. The van der Waals surface area contributed by atoms with Crippen LogP contribution in [0.1, 0.15) is 29.2 Å². The van der Waals surface area contributed by atoms with Gasteiger partial charge in [-0.25, -0.2) is 0 Å². The minimum absolute atomic E-state index is 0.0522. The standard InChI is InChI=1S/C23H22N4O3/c1-26-14-16(13-24-26)21-23(18-4-2-3-5-19(18)25-22(23)30)10-11-27(21)20(29)12-15-6-8-17(28)9-7-15/h2-9,13-14,21,28H,10-12H2,1H3,(H,25,30)/t21-,23+/m0/s1. The number of phenols is 1. The van der Waals surface area contributed by atoms with Crippen LogP contribution in [0.15, 0.2) is 60.9 Å². The van der Waals surface area contributed by atoms with Crippen LogP contribution < -0.4 is 5.32 Å². The molecule has 7 nitrogen and oxygen atoms in total. The van der Waals surface area contributed by atoms with E-state index in [2.05, 4.69) is 10.4 Å². The number of aryl methyl sites for hydroxylation is 1. The Hall–Kier alpha value is -3.61. The Kier molecular flexibility index (Phi) is 4.13. The summed E-state index contributed by atoms with van der Waals surface area (Å²) in [6.45, 7) is 0.484. The molecule has 0 aliphatic carbocycles. The van der Waals surface area contributed by atoms with Gasteiger partial charge in [-0.1, -0.05) is 30.3 Å². The molecule has 7 heteroatoms. The summed E-state index contributed by atoms with van der Waals surface area (Å²) in [6, 6.07) is 13.9. The van der Waals surface area contributed by atoms with E-state index in [9.17, 15) is 14.7 Å². The lowest BCUT2D eigenvalue weighted by molar-refractivity contribution is -0.132. The monoisotopic (exact) mass is 402 g/mol. The van der Waals surface area contributed by atoms with Crippen molar-refractivity contribution in [3.05, 3.63) is 77.6 Å². The molecule has 0 bridgehead atoms. The topological polar surface area (TPSA) is 87.5 Å². The van der Waals surface area contributed by atoms with E-state index < -0.39 is 11.5 Å². The molecule has 0 radical (unpaired) electrons. The van der Waals surface area contributed by atoms with Crippen molar-refractivity contribution in [1.82, 2.24) is 14.7 Å². The van der Waals surface area contributed by atoms with Gasteiger partial charge in [0.05, 0.1) is 18.7 Å². The van der Waals surface area contributed by atoms with Crippen molar-refractivity contribution in [2.75, 3.05) is 11.9 Å². The number of hydrogen-bond acceptors (Lipinski definition) is 4. The predicted molar refractivity (Wildman–Crippen MR) is 111 cm³/mol. The molecule has 2 N–H and O–H groups in total. The Morgan fingerprint density at radius 1 is 1.23 bits per heavy atom. The third-order valence-corrected chi connectivity index (χ3v) is 6.24. The zero-order valence-corrected chi connectivity index (χ0v) is 16.6. The maximum atomic E-state index is 13.4. The molecular formula is C23H22N4O3. The molecule has 1 fully saturated rings. The second kappa shape index (κ2) is 6.73. The van der Waals surface area contributed by atoms with E-state index in [1.54, 1.807) is 35.1 Å². The van der Waals surface area contributed by atoms with Gasteiger partial charge in [-0.05, 0) is 35.7 Å². The highest BCUT2D eigenvalue weighted by molar-refractivity contribution is 6.07. The summed E-state index contributed by atoms with van der Waals surface area (Å²) >= 11 is 0. The van der Waals surface area contributed by atoms with Crippen molar-refractivity contribution < 1.29 is 14.7 Å². The van der Waals surface area contributed by atoms with Crippen molar-refractivity contribution in [2.45, 2.75) is 24.3 Å². The molecule has 2 atom stereocenters. The van der Waals surface area contributed by atoms with Gasteiger partial charge in [0, 0.05) is 31.0 Å². The van der Waals surface area contributed by atoms with Crippen LogP contribution in [-0.2, 0) is 28.5 Å². The number of likely N-dealkylation sites (tertiary alicyclic amines) is 1. The van der Waals surface area contributed by atoms with E-state index in [0.29, 0.717) is 13.0 Å². The van der Waals surface area contributed by atoms with Crippen LogP contribution in [-0.4, -0.2) is 38.1 Å². The number of para-hydroxylation sites is 1. The molecule has 2 aliphatic heterocycles. The van der Waals surface area contributed by atoms with Gasteiger partial charge in [-0.2, -0.15) is 5.10 Å². The Balaban J connectivity index is 1.57. The Morgan fingerprint density at radius 3 is 2.73 bits per heavy atom. The summed E-state index contributed by atoms with van der Waals surface area (Å²) < 4.78 is 1.70. The lowest BCUT2D eigenvalue weighted by Gasteiger charge is -2.33. The molecule has 2 aliphatic rings. The van der Waals surface area contributed by atoms with Crippen LogP contribution in [0.3, 0.4) is 0 Å². The fourth-order valence-electron chi connectivity index (χ4n) is 4.89. The highest BCUT2D eigenvalue weighted by atomic mass is 16.3. The number of anilines is 1. The smallest absolute Gasteiger partial charge is 0.237 e. The summed E-state index contributed by atoms with van der Waals surface area (Å²) in [7, 11) is 1.83. The molecule has 2 aromatic carbocycles. The first-order valence-electron chi connectivity index (χ1n) is 9.96. The van der Waals surface area contributed by atoms with Crippen molar-refractivity contribution in [3.8, 4) is 5.75 Å². The van der Waals surface area contributed by atoms with Crippen LogP contribution in [0.25, 0.3) is 0 Å². The van der Waals surface area contributed by atoms with Gasteiger partial charge in [-0.3, -0.25) is 14.3 Å². The Bertz CT molecular complexity index is 1140. The number of nitrogens with one attached hydrogen (secondary N) is 1. The van der Waals surface area contributed by atoms with Crippen LogP contribution >= 0.6 is 0 Å². The van der Waals surface area contributed by atoms with E-state index in [1.807, 2.05) is 42.4 Å². The summed E-state index contributed by atoms with van der Waals surface area (Å²) in [5.74, 6) is 0.0416. The average molecular weight is 402 g/mol. The van der Waals surface area contributed by atoms with Crippen molar-refractivity contribution in [1.29, 1.82) is 0 Å². The van der Waals surface area contributed by atoms with Crippen molar-refractivity contribution >= 4 is 17.5 Å². The second-order valence-corrected chi connectivity index (χ2v) is 8.00. The van der Waals surface area contributed by atoms with Gasteiger partial charge in [-0.15, -0.1) is 0 Å². The zero-order chi connectivity index (χ0) is 20.9. The first kappa shape index (κ1) is 18.4. The molecule has 1 spiro atoms. The first-order chi connectivity index (χ1) is 14.5. The number of carbonyl (C=O) groups is 2. The molecule has 152 valence electrons. The van der Waals surface area contributed by atoms with Crippen LogP contribution in [0.4, 0.5) is 5.69 Å². The number of amides is 2. The molecule has 2 amide bonds. The summed E-state index contributed by atoms with van der Waals surface area (Å²) in [4.78, 5) is 28.5. The van der Waals surface area contributed by atoms with Crippen molar-refractivity contribution in [2.24, 2.45) is 7.05 Å². The fourth-order valence-corrected chi connectivity index (χ4v) is 4.89. The lowest BCUT2D eigenvalue weighted by atomic mass is 9.73. The molecule has 1 saturated heterocycles. The molecule has 30 heavy (non-hydrogen) atoms. The fraction of sp³-hybridized carbons (Fsp3) is 0.261. The van der Waals surface area contributed by atoms with Crippen LogP contribution in [0.2, 0.25) is 0 Å². The first-order valence-corrected chi connectivity index (χ1v) is 9.96. The van der Waals surface area contributed by atoms with Gasteiger partial charge in [0.1, 0.15) is 11.2 Å². The largest absolute Gasteiger partial charge is 0.508 e. The molecular weight excluding hydrogens is 380 g/mol. The third-order valence-electron chi connectivity index (χ3n) is 6.24. The number of fused-ring (bicyclic) bond motifs is 2. The van der Waals surface area contributed by atoms with Crippen LogP contribution in [0.5, 0.6) is 5.75 Å².